The lowest BCUT2D eigenvalue weighted by Gasteiger charge is -2.10. The Balaban J connectivity index is 2.34. The third-order valence-electron chi connectivity index (χ3n) is 3.32. The van der Waals surface area contributed by atoms with E-state index in [2.05, 4.69) is 0 Å². The van der Waals surface area contributed by atoms with Crippen LogP contribution < -0.4 is 5.56 Å². The van der Waals surface area contributed by atoms with E-state index in [-0.39, 0.29) is 23.9 Å². The molecule has 24 heavy (non-hydrogen) atoms. The molecule has 0 bridgehead atoms. The van der Waals surface area contributed by atoms with Crippen molar-refractivity contribution < 1.29 is 14.5 Å². The second-order valence-corrected chi connectivity index (χ2v) is 5.73. The van der Waals surface area contributed by atoms with E-state index in [1.165, 1.54) is 23.8 Å². The largest absolute Gasteiger partial charge is 0.459 e. The van der Waals surface area contributed by atoms with Gasteiger partial charge in [0.25, 0.3) is 11.2 Å². The average Bonchev–Trinajstić information content (AvgIpc) is 2.51. The summed E-state index contributed by atoms with van der Waals surface area (Å²) < 4.78 is 6.40. The van der Waals surface area contributed by atoms with Crippen LogP contribution in [0.5, 0.6) is 0 Å². The Morgan fingerprint density at radius 2 is 2.04 bits per heavy atom. The topological polar surface area (TPSA) is 91.4 Å². The number of nitrogens with zero attached hydrogens (tertiary/aromatic N) is 2. The average molecular weight is 330 g/mol. The normalized spacial score (nSPS) is 10.7. The first-order chi connectivity index (χ1) is 11.3. The predicted molar refractivity (Wildman–Crippen MR) is 88.2 cm³/mol. The standard InChI is InChI=1S/C17H18N2O5/c1-11(2)24-17(21)14-6-4-5-13(8-14)9-18-10-15(19(22)23)7-12(3)16(18)20/h4-8,10-11H,9H2,1-3H3. The zero-order valence-electron chi connectivity index (χ0n) is 13.7. The molecule has 2 rings (SSSR count). The highest BCUT2D eigenvalue weighted by atomic mass is 16.6. The molecule has 1 heterocycles. The van der Waals surface area contributed by atoms with Crippen LogP contribution in [0.2, 0.25) is 0 Å². The van der Waals surface area contributed by atoms with Crippen LogP contribution in [0, 0.1) is 17.0 Å². The zero-order chi connectivity index (χ0) is 17.9. The summed E-state index contributed by atoms with van der Waals surface area (Å²) in [5.41, 5.74) is 0.879. The number of pyridine rings is 1. The number of hydrogen-bond donors (Lipinski definition) is 0. The number of ether oxygens (including phenoxy) is 1. The number of rotatable bonds is 5. The molecule has 1 aromatic carbocycles. The van der Waals surface area contributed by atoms with Gasteiger partial charge in [-0.25, -0.2) is 4.79 Å². The van der Waals surface area contributed by atoms with Gasteiger partial charge >= 0.3 is 5.97 Å². The van der Waals surface area contributed by atoms with E-state index < -0.39 is 10.9 Å². The number of nitro groups is 1. The zero-order valence-corrected chi connectivity index (χ0v) is 13.7. The van der Waals surface area contributed by atoms with Crippen molar-refractivity contribution in [3.8, 4) is 0 Å². The molecular weight excluding hydrogens is 312 g/mol. The number of hydrogen-bond acceptors (Lipinski definition) is 5. The summed E-state index contributed by atoms with van der Waals surface area (Å²) >= 11 is 0. The van der Waals surface area contributed by atoms with Crippen LogP contribution in [0.1, 0.15) is 35.3 Å². The SMILES string of the molecule is Cc1cc([N+](=O)[O-])cn(Cc2cccc(C(=O)OC(C)C)c2)c1=O. The molecule has 7 nitrogen and oxygen atoms in total. The van der Waals surface area contributed by atoms with Gasteiger partial charge in [-0.15, -0.1) is 0 Å². The van der Waals surface area contributed by atoms with Crippen molar-refractivity contribution in [2.24, 2.45) is 0 Å². The molecule has 0 radical (unpaired) electrons. The highest BCUT2D eigenvalue weighted by Gasteiger charge is 2.13. The van der Waals surface area contributed by atoms with Crippen molar-refractivity contribution in [2.45, 2.75) is 33.4 Å². The van der Waals surface area contributed by atoms with Crippen molar-refractivity contribution in [2.75, 3.05) is 0 Å². The maximum atomic E-state index is 12.2. The van der Waals surface area contributed by atoms with Gasteiger partial charge in [0.05, 0.1) is 29.3 Å². The van der Waals surface area contributed by atoms with Gasteiger partial charge in [0.2, 0.25) is 0 Å². The highest BCUT2D eigenvalue weighted by Crippen LogP contribution is 2.13. The molecule has 0 amide bonds. The third kappa shape index (κ3) is 4.07. The molecule has 2 aromatic rings. The molecule has 0 fully saturated rings. The van der Waals surface area contributed by atoms with Gasteiger partial charge < -0.3 is 9.30 Å². The molecule has 0 saturated carbocycles. The molecule has 0 unspecified atom stereocenters. The first-order valence-corrected chi connectivity index (χ1v) is 7.43. The summed E-state index contributed by atoms with van der Waals surface area (Å²) in [4.78, 5) is 34.5. The van der Waals surface area contributed by atoms with Crippen LogP contribution in [-0.4, -0.2) is 21.6 Å². The number of esters is 1. The summed E-state index contributed by atoms with van der Waals surface area (Å²) in [5, 5.41) is 10.9. The van der Waals surface area contributed by atoms with Crippen LogP contribution in [0.25, 0.3) is 0 Å². The molecule has 0 N–H and O–H groups in total. The third-order valence-corrected chi connectivity index (χ3v) is 3.32. The second-order valence-electron chi connectivity index (χ2n) is 5.73. The van der Waals surface area contributed by atoms with Gasteiger partial charge in [0, 0.05) is 11.6 Å². The Hall–Kier alpha value is -2.96. The minimum atomic E-state index is -0.542. The van der Waals surface area contributed by atoms with E-state index >= 15 is 0 Å². The number of carbonyl (C=O) groups is 1. The number of carbonyl (C=O) groups excluding carboxylic acids is 1. The molecule has 0 saturated heterocycles. The minimum absolute atomic E-state index is 0.129. The van der Waals surface area contributed by atoms with Gasteiger partial charge in [0.15, 0.2) is 0 Å². The fraction of sp³-hybridized carbons (Fsp3) is 0.294. The van der Waals surface area contributed by atoms with Crippen LogP contribution >= 0.6 is 0 Å². The van der Waals surface area contributed by atoms with Gasteiger partial charge in [-0.3, -0.25) is 14.9 Å². The highest BCUT2D eigenvalue weighted by molar-refractivity contribution is 5.89. The number of aryl methyl sites for hydroxylation is 1. The van der Waals surface area contributed by atoms with Gasteiger partial charge in [0.1, 0.15) is 0 Å². The van der Waals surface area contributed by atoms with E-state index in [4.69, 9.17) is 4.74 Å². The Bertz CT molecular complexity index is 839. The summed E-state index contributed by atoms with van der Waals surface area (Å²) in [6, 6.07) is 7.91. The van der Waals surface area contributed by atoms with Crippen LogP contribution in [0.15, 0.2) is 41.3 Å². The Morgan fingerprint density at radius 1 is 1.33 bits per heavy atom. The summed E-state index contributed by atoms with van der Waals surface area (Å²) in [5.74, 6) is -0.450. The lowest BCUT2D eigenvalue weighted by atomic mass is 10.1. The fourth-order valence-corrected chi connectivity index (χ4v) is 2.26. The maximum absolute atomic E-state index is 12.2. The van der Waals surface area contributed by atoms with Crippen LogP contribution in [0.4, 0.5) is 5.69 Å². The first-order valence-electron chi connectivity index (χ1n) is 7.43. The van der Waals surface area contributed by atoms with Crippen molar-refractivity contribution in [3.05, 3.63) is 73.7 Å². The van der Waals surface area contributed by atoms with Crippen molar-refractivity contribution in [1.29, 1.82) is 0 Å². The Labute approximate surface area is 138 Å². The smallest absolute Gasteiger partial charge is 0.338 e. The molecule has 1 aromatic heterocycles. The molecule has 0 aliphatic carbocycles. The van der Waals surface area contributed by atoms with E-state index in [0.717, 1.165) is 0 Å². The van der Waals surface area contributed by atoms with Crippen molar-refractivity contribution in [3.63, 3.8) is 0 Å². The van der Waals surface area contributed by atoms with E-state index in [9.17, 15) is 19.7 Å². The molecule has 7 heteroatoms. The van der Waals surface area contributed by atoms with Crippen molar-refractivity contribution in [1.82, 2.24) is 4.57 Å². The van der Waals surface area contributed by atoms with Crippen molar-refractivity contribution >= 4 is 11.7 Å². The summed E-state index contributed by atoms with van der Waals surface area (Å²) in [6.07, 6.45) is 0.970. The van der Waals surface area contributed by atoms with E-state index in [0.29, 0.717) is 16.7 Å². The molecule has 0 aliphatic heterocycles. The molecule has 0 spiro atoms. The van der Waals surface area contributed by atoms with Gasteiger partial charge in [-0.05, 0) is 38.5 Å². The fourth-order valence-electron chi connectivity index (χ4n) is 2.26. The Morgan fingerprint density at radius 3 is 2.67 bits per heavy atom. The van der Waals surface area contributed by atoms with E-state index in [1.807, 2.05) is 0 Å². The molecule has 126 valence electrons. The predicted octanol–water partition coefficient (Wildman–Crippen LogP) is 2.68. The lowest BCUT2D eigenvalue weighted by molar-refractivity contribution is -0.385. The lowest BCUT2D eigenvalue weighted by Crippen LogP contribution is -2.23. The van der Waals surface area contributed by atoms with Gasteiger partial charge in [-0.2, -0.15) is 0 Å². The quantitative estimate of drug-likeness (QED) is 0.477. The monoisotopic (exact) mass is 330 g/mol. The van der Waals surface area contributed by atoms with Crippen LogP contribution in [0.3, 0.4) is 0 Å². The summed E-state index contributed by atoms with van der Waals surface area (Å²) in [7, 11) is 0. The Kier molecular flexibility index (Phi) is 5.13. The van der Waals surface area contributed by atoms with Crippen LogP contribution in [-0.2, 0) is 11.3 Å². The molecular formula is C17H18N2O5. The van der Waals surface area contributed by atoms with E-state index in [1.54, 1.807) is 38.1 Å². The first kappa shape index (κ1) is 17.4. The summed E-state index contributed by atoms with van der Waals surface area (Å²) in [6.45, 7) is 5.17. The maximum Gasteiger partial charge on any atom is 0.338 e. The van der Waals surface area contributed by atoms with Gasteiger partial charge in [-0.1, -0.05) is 12.1 Å². The number of benzene rings is 1. The molecule has 0 atom stereocenters. The minimum Gasteiger partial charge on any atom is -0.459 e. The molecule has 0 aliphatic rings. The second kappa shape index (κ2) is 7.08. The number of aromatic nitrogens is 1.